The maximum Gasteiger partial charge on any atom is 0.416 e. The Labute approximate surface area is 184 Å². The Balaban J connectivity index is 1.32. The van der Waals surface area contributed by atoms with E-state index >= 15 is 0 Å². The third-order valence-corrected chi connectivity index (χ3v) is 5.75. The van der Waals surface area contributed by atoms with Crippen molar-refractivity contribution in [3.63, 3.8) is 0 Å². The van der Waals surface area contributed by atoms with Gasteiger partial charge in [0.1, 0.15) is 5.76 Å². The molecule has 1 aromatic carbocycles. The summed E-state index contributed by atoms with van der Waals surface area (Å²) in [6.07, 6.45) is -3.81. The lowest BCUT2D eigenvalue weighted by atomic mass is 10.2. The fraction of sp³-hybridized carbons (Fsp3) is 0.300. The van der Waals surface area contributed by atoms with Gasteiger partial charge in [0.15, 0.2) is 10.8 Å². The molecule has 2 aromatic heterocycles. The van der Waals surface area contributed by atoms with Crippen LogP contribution in [-0.2, 0) is 23.9 Å². The number of hydrogen-bond donors (Lipinski definition) is 2. The van der Waals surface area contributed by atoms with Crippen molar-refractivity contribution in [2.75, 3.05) is 23.7 Å². The molecule has 32 heavy (non-hydrogen) atoms. The van der Waals surface area contributed by atoms with Crippen LogP contribution in [0.25, 0.3) is 0 Å². The van der Waals surface area contributed by atoms with Gasteiger partial charge < -0.3 is 9.84 Å². The number of thiazole rings is 1. The maximum absolute atomic E-state index is 12.6. The van der Waals surface area contributed by atoms with E-state index in [0.717, 1.165) is 22.7 Å². The molecule has 168 valence electrons. The number of fused-ring (bicyclic) bond motifs is 1. The van der Waals surface area contributed by atoms with Gasteiger partial charge >= 0.3 is 6.18 Å². The second-order valence-corrected chi connectivity index (χ2v) is 8.33. The largest absolute Gasteiger partial charge is 0.416 e. The number of hydrogen-bond acceptors (Lipinski definition) is 7. The predicted molar refractivity (Wildman–Crippen MR) is 110 cm³/mol. The fourth-order valence-corrected chi connectivity index (χ4v) is 4.26. The normalized spacial score (nSPS) is 14.1. The number of carbonyl (C=O) groups is 2. The molecule has 1 aliphatic rings. The highest BCUT2D eigenvalue weighted by atomic mass is 32.1. The van der Waals surface area contributed by atoms with Crippen LogP contribution in [0.15, 0.2) is 34.9 Å². The van der Waals surface area contributed by atoms with Crippen molar-refractivity contribution in [2.45, 2.75) is 26.1 Å². The first kappa shape index (κ1) is 22.0. The Morgan fingerprint density at radius 1 is 1.22 bits per heavy atom. The molecule has 0 radical (unpaired) electrons. The summed E-state index contributed by atoms with van der Waals surface area (Å²) in [6, 6.07) is 5.83. The third kappa shape index (κ3) is 5.14. The Morgan fingerprint density at radius 2 is 1.97 bits per heavy atom. The van der Waals surface area contributed by atoms with Gasteiger partial charge in [-0.2, -0.15) is 13.2 Å². The number of benzene rings is 1. The maximum atomic E-state index is 12.6. The van der Waals surface area contributed by atoms with E-state index in [1.807, 2.05) is 4.90 Å². The van der Waals surface area contributed by atoms with Gasteiger partial charge in [-0.15, -0.1) is 11.3 Å². The van der Waals surface area contributed by atoms with Crippen LogP contribution < -0.4 is 10.6 Å². The highest BCUT2D eigenvalue weighted by molar-refractivity contribution is 7.15. The number of carbonyl (C=O) groups excluding carboxylic acids is 2. The number of anilines is 2. The van der Waals surface area contributed by atoms with E-state index in [1.165, 1.54) is 29.5 Å². The van der Waals surface area contributed by atoms with Crippen molar-refractivity contribution in [3.8, 4) is 0 Å². The molecule has 8 nitrogen and oxygen atoms in total. The van der Waals surface area contributed by atoms with E-state index < -0.39 is 17.6 Å². The zero-order valence-electron chi connectivity index (χ0n) is 16.8. The molecule has 3 heterocycles. The van der Waals surface area contributed by atoms with E-state index in [1.54, 1.807) is 6.92 Å². The molecule has 0 saturated heterocycles. The van der Waals surface area contributed by atoms with Crippen LogP contribution in [0.3, 0.4) is 0 Å². The van der Waals surface area contributed by atoms with Crippen LogP contribution in [0.1, 0.15) is 32.4 Å². The number of alkyl halides is 3. The molecule has 0 saturated carbocycles. The lowest BCUT2D eigenvalue weighted by Gasteiger charge is -2.25. The third-order valence-electron chi connectivity index (χ3n) is 4.75. The van der Waals surface area contributed by atoms with Crippen molar-refractivity contribution >= 4 is 34.0 Å². The number of aryl methyl sites for hydroxylation is 1. The van der Waals surface area contributed by atoms with Crippen molar-refractivity contribution < 1.29 is 27.3 Å². The second-order valence-electron chi connectivity index (χ2n) is 7.25. The van der Waals surface area contributed by atoms with E-state index in [0.29, 0.717) is 36.1 Å². The van der Waals surface area contributed by atoms with Crippen molar-refractivity contribution in [3.05, 3.63) is 57.9 Å². The van der Waals surface area contributed by atoms with Crippen molar-refractivity contribution in [1.82, 2.24) is 15.0 Å². The number of halogens is 3. The van der Waals surface area contributed by atoms with Crippen LogP contribution in [0, 0.1) is 6.92 Å². The monoisotopic (exact) mass is 465 g/mol. The Hall–Kier alpha value is -3.25. The number of nitrogens with zero attached hydrogens (tertiary/aromatic N) is 3. The number of amides is 2. The zero-order valence-corrected chi connectivity index (χ0v) is 17.6. The number of rotatable bonds is 5. The van der Waals surface area contributed by atoms with Crippen LogP contribution in [-0.4, -0.2) is 39.9 Å². The molecule has 1 aliphatic heterocycles. The molecule has 2 N–H and O–H groups in total. The quantitative estimate of drug-likeness (QED) is 0.596. The Kier molecular flexibility index (Phi) is 5.98. The molecule has 0 unspecified atom stereocenters. The predicted octanol–water partition coefficient (Wildman–Crippen LogP) is 3.71. The first-order valence-corrected chi connectivity index (χ1v) is 10.4. The molecule has 0 fully saturated rings. The molecule has 0 spiro atoms. The fourth-order valence-electron chi connectivity index (χ4n) is 3.22. The average molecular weight is 465 g/mol. The van der Waals surface area contributed by atoms with Crippen molar-refractivity contribution in [2.24, 2.45) is 0 Å². The van der Waals surface area contributed by atoms with E-state index in [9.17, 15) is 22.8 Å². The van der Waals surface area contributed by atoms with Crippen LogP contribution in [0.5, 0.6) is 0 Å². The SMILES string of the molecule is Cc1cc(C(=O)Nc2nc3c(s2)CN(CC(=O)Nc2ccc(C(F)(F)F)cc2)CC3)no1. The van der Waals surface area contributed by atoms with Gasteiger partial charge in [0, 0.05) is 36.1 Å². The van der Waals surface area contributed by atoms with Gasteiger partial charge in [0.25, 0.3) is 5.91 Å². The molecule has 0 bridgehead atoms. The molecule has 3 aromatic rings. The minimum absolute atomic E-state index is 0.0816. The van der Waals surface area contributed by atoms with Gasteiger partial charge in [-0.05, 0) is 31.2 Å². The number of nitrogens with one attached hydrogen (secondary N) is 2. The molecule has 2 amide bonds. The highest BCUT2D eigenvalue weighted by Gasteiger charge is 2.30. The van der Waals surface area contributed by atoms with Gasteiger partial charge in [0.05, 0.1) is 17.8 Å². The summed E-state index contributed by atoms with van der Waals surface area (Å²) in [7, 11) is 0. The summed E-state index contributed by atoms with van der Waals surface area (Å²) in [4.78, 5) is 31.8. The topological polar surface area (TPSA) is 100 Å². The lowest BCUT2D eigenvalue weighted by Crippen LogP contribution is -2.36. The van der Waals surface area contributed by atoms with E-state index in [4.69, 9.17) is 4.52 Å². The molecular weight excluding hydrogens is 447 g/mol. The lowest BCUT2D eigenvalue weighted by molar-refractivity contribution is -0.137. The smallest absolute Gasteiger partial charge is 0.361 e. The molecule has 0 atom stereocenters. The second kappa shape index (κ2) is 8.71. The van der Waals surface area contributed by atoms with Crippen LogP contribution in [0.2, 0.25) is 0 Å². The first-order valence-electron chi connectivity index (χ1n) is 9.60. The zero-order chi connectivity index (χ0) is 22.9. The molecule has 12 heteroatoms. The highest BCUT2D eigenvalue weighted by Crippen LogP contribution is 2.30. The van der Waals surface area contributed by atoms with Gasteiger partial charge in [-0.1, -0.05) is 5.16 Å². The summed E-state index contributed by atoms with van der Waals surface area (Å²) in [5, 5.41) is 9.42. The van der Waals surface area contributed by atoms with Crippen LogP contribution in [0.4, 0.5) is 24.0 Å². The molecule has 0 aliphatic carbocycles. The summed E-state index contributed by atoms with van der Waals surface area (Å²) in [5.41, 5.74) is 0.552. The Morgan fingerprint density at radius 3 is 2.62 bits per heavy atom. The van der Waals surface area contributed by atoms with Gasteiger partial charge in [-0.25, -0.2) is 4.98 Å². The molecule has 4 rings (SSSR count). The van der Waals surface area contributed by atoms with Crippen LogP contribution >= 0.6 is 11.3 Å². The standard InChI is InChI=1S/C20H18F3N5O3S/c1-11-8-15(27-31-11)18(30)26-19-25-14-6-7-28(9-16(14)32-19)10-17(29)24-13-4-2-12(3-5-13)20(21,22)23/h2-5,8H,6-7,9-10H2,1H3,(H,24,29)(H,25,26,30). The van der Waals surface area contributed by atoms with Crippen molar-refractivity contribution in [1.29, 1.82) is 0 Å². The average Bonchev–Trinajstić information content (AvgIpc) is 3.33. The Bertz CT molecular complexity index is 1140. The molecular formula is C20H18F3N5O3S. The van der Waals surface area contributed by atoms with Gasteiger partial charge in [-0.3, -0.25) is 19.8 Å². The summed E-state index contributed by atoms with van der Waals surface area (Å²) < 4.78 is 42.8. The minimum Gasteiger partial charge on any atom is -0.361 e. The minimum atomic E-state index is -4.42. The number of aromatic nitrogens is 2. The van der Waals surface area contributed by atoms with E-state index in [-0.39, 0.29) is 18.1 Å². The van der Waals surface area contributed by atoms with E-state index in [2.05, 4.69) is 20.8 Å². The summed E-state index contributed by atoms with van der Waals surface area (Å²) in [5.74, 6) is -0.216. The first-order chi connectivity index (χ1) is 15.2. The summed E-state index contributed by atoms with van der Waals surface area (Å²) in [6.45, 7) is 2.84. The summed E-state index contributed by atoms with van der Waals surface area (Å²) >= 11 is 1.32. The van der Waals surface area contributed by atoms with Gasteiger partial charge in [0.2, 0.25) is 5.91 Å².